The van der Waals surface area contributed by atoms with Crippen molar-refractivity contribution in [1.29, 1.82) is 0 Å². The predicted octanol–water partition coefficient (Wildman–Crippen LogP) is 1.83. The number of rotatable bonds is 2. The van der Waals surface area contributed by atoms with Crippen LogP contribution in [0.5, 0.6) is 0 Å². The third-order valence-corrected chi connectivity index (χ3v) is 3.58. The van der Waals surface area contributed by atoms with E-state index < -0.39 is 0 Å². The Balaban J connectivity index is 3.46. The van der Waals surface area contributed by atoms with Gasteiger partial charge in [0.05, 0.1) is 6.10 Å². The van der Waals surface area contributed by atoms with Gasteiger partial charge in [-0.15, -0.1) is 0 Å². The highest BCUT2D eigenvalue weighted by atomic mass is 127. The van der Waals surface area contributed by atoms with Gasteiger partial charge in [-0.05, 0) is 12.8 Å². The number of halogens is 1. The van der Waals surface area contributed by atoms with Crippen LogP contribution >= 0.6 is 22.6 Å². The molecule has 0 bridgehead atoms. The maximum atomic E-state index is 8.98. The number of aliphatic hydroxyl groups excluding tert-OH is 1. The Morgan fingerprint density at radius 3 is 1.62 bits per heavy atom. The number of alkyl halides is 1. The molecular formula is C6H13IO. The molecule has 1 nitrogen and oxygen atoms in total. The smallest absolute Gasteiger partial charge is 0.0632 e. The summed E-state index contributed by atoms with van der Waals surface area (Å²) in [5, 5.41) is 8.98. The van der Waals surface area contributed by atoms with Crippen molar-refractivity contribution in [2.75, 3.05) is 0 Å². The van der Waals surface area contributed by atoms with E-state index in [9.17, 15) is 0 Å². The van der Waals surface area contributed by atoms with Crippen LogP contribution in [0.15, 0.2) is 0 Å². The summed E-state index contributed by atoms with van der Waals surface area (Å²) in [4.78, 5) is 0. The van der Waals surface area contributed by atoms with Gasteiger partial charge in [0.1, 0.15) is 0 Å². The maximum Gasteiger partial charge on any atom is 0.0632 e. The quantitative estimate of drug-likeness (QED) is 0.564. The van der Waals surface area contributed by atoms with E-state index in [4.69, 9.17) is 5.11 Å². The molecule has 2 unspecified atom stereocenters. The molecule has 0 aliphatic rings. The zero-order valence-corrected chi connectivity index (χ0v) is 7.71. The normalized spacial score (nSPS) is 18.8. The second-order valence-electron chi connectivity index (χ2n) is 2.43. The summed E-state index contributed by atoms with van der Waals surface area (Å²) < 4.78 is 0.396. The lowest BCUT2D eigenvalue weighted by molar-refractivity contribution is 0.181. The van der Waals surface area contributed by atoms with E-state index in [1.165, 1.54) is 0 Å². The second-order valence-corrected chi connectivity index (χ2v) is 3.87. The van der Waals surface area contributed by atoms with Crippen molar-refractivity contribution >= 4 is 22.6 Å². The Morgan fingerprint density at radius 2 is 1.62 bits per heavy atom. The Kier molecular flexibility index (Phi) is 3.98. The standard InChI is InChI=1S/C6H13IO/c1-4(2)6(7)5(3)8/h4-6,8H,1-3H3. The van der Waals surface area contributed by atoms with Crippen LogP contribution in [0.4, 0.5) is 0 Å². The van der Waals surface area contributed by atoms with Gasteiger partial charge in [0.15, 0.2) is 0 Å². The van der Waals surface area contributed by atoms with Crippen LogP contribution in [-0.4, -0.2) is 15.1 Å². The van der Waals surface area contributed by atoms with E-state index in [2.05, 4.69) is 36.4 Å². The SMILES string of the molecule is CC(C)C(I)C(C)O. The summed E-state index contributed by atoms with van der Waals surface area (Å²) in [5.74, 6) is 0.579. The zero-order chi connectivity index (χ0) is 6.73. The summed E-state index contributed by atoms with van der Waals surface area (Å²) in [6.07, 6.45) is -0.171. The van der Waals surface area contributed by atoms with Crippen LogP contribution in [0, 0.1) is 5.92 Å². The maximum absolute atomic E-state index is 8.98. The first-order chi connectivity index (χ1) is 3.55. The molecule has 0 saturated carbocycles. The van der Waals surface area contributed by atoms with Crippen molar-refractivity contribution in [1.82, 2.24) is 0 Å². The fourth-order valence-electron chi connectivity index (χ4n) is 0.557. The highest BCUT2D eigenvalue weighted by molar-refractivity contribution is 14.1. The molecule has 2 atom stereocenters. The van der Waals surface area contributed by atoms with Crippen molar-refractivity contribution in [2.24, 2.45) is 5.92 Å². The minimum atomic E-state index is -0.171. The number of hydrogen-bond donors (Lipinski definition) is 1. The first kappa shape index (κ1) is 8.69. The first-order valence-electron chi connectivity index (χ1n) is 2.88. The largest absolute Gasteiger partial charge is 0.392 e. The zero-order valence-electron chi connectivity index (χ0n) is 5.56. The molecule has 0 saturated heterocycles. The fraction of sp³-hybridized carbons (Fsp3) is 1.00. The lowest BCUT2D eigenvalue weighted by Gasteiger charge is -2.15. The van der Waals surface area contributed by atoms with E-state index in [-0.39, 0.29) is 6.10 Å². The van der Waals surface area contributed by atoms with Crippen molar-refractivity contribution in [2.45, 2.75) is 30.8 Å². The van der Waals surface area contributed by atoms with Crippen LogP contribution in [0.25, 0.3) is 0 Å². The molecule has 0 rings (SSSR count). The minimum absolute atomic E-state index is 0.171. The fourth-order valence-corrected chi connectivity index (χ4v) is 0.557. The molecule has 0 aromatic rings. The van der Waals surface area contributed by atoms with E-state index in [0.717, 1.165) is 0 Å². The van der Waals surface area contributed by atoms with E-state index in [0.29, 0.717) is 9.84 Å². The summed E-state index contributed by atoms with van der Waals surface area (Å²) >= 11 is 2.27. The molecule has 0 aromatic carbocycles. The Bertz CT molecular complexity index is 53.5. The van der Waals surface area contributed by atoms with Gasteiger partial charge < -0.3 is 5.11 Å². The molecule has 0 radical (unpaired) electrons. The van der Waals surface area contributed by atoms with Gasteiger partial charge in [-0.2, -0.15) is 0 Å². The van der Waals surface area contributed by atoms with Crippen LogP contribution in [-0.2, 0) is 0 Å². The lowest BCUT2D eigenvalue weighted by atomic mass is 10.1. The third-order valence-electron chi connectivity index (χ3n) is 1.10. The average molecular weight is 228 g/mol. The third kappa shape index (κ3) is 2.87. The summed E-state index contributed by atoms with van der Waals surface area (Å²) in [7, 11) is 0. The summed E-state index contributed by atoms with van der Waals surface area (Å²) in [6.45, 7) is 6.06. The van der Waals surface area contributed by atoms with E-state index in [1.807, 2.05) is 6.92 Å². The van der Waals surface area contributed by atoms with E-state index >= 15 is 0 Å². The molecule has 0 aliphatic carbocycles. The Morgan fingerprint density at radius 1 is 1.25 bits per heavy atom. The molecule has 0 aromatic heterocycles. The monoisotopic (exact) mass is 228 g/mol. The van der Waals surface area contributed by atoms with E-state index in [1.54, 1.807) is 0 Å². The topological polar surface area (TPSA) is 20.2 Å². The Hall–Kier alpha value is 0.690. The van der Waals surface area contributed by atoms with Crippen LogP contribution in [0.1, 0.15) is 20.8 Å². The number of hydrogen-bond acceptors (Lipinski definition) is 1. The molecule has 0 amide bonds. The van der Waals surface area contributed by atoms with Gasteiger partial charge in [0, 0.05) is 3.92 Å². The lowest BCUT2D eigenvalue weighted by Crippen LogP contribution is -2.21. The molecular weight excluding hydrogens is 215 g/mol. The molecule has 1 N–H and O–H groups in total. The van der Waals surface area contributed by atoms with Gasteiger partial charge >= 0.3 is 0 Å². The van der Waals surface area contributed by atoms with Gasteiger partial charge in [0.25, 0.3) is 0 Å². The first-order valence-corrected chi connectivity index (χ1v) is 4.12. The van der Waals surface area contributed by atoms with Crippen molar-refractivity contribution in [3.63, 3.8) is 0 Å². The van der Waals surface area contributed by atoms with Gasteiger partial charge in [-0.25, -0.2) is 0 Å². The molecule has 0 fully saturated rings. The van der Waals surface area contributed by atoms with Crippen LogP contribution in [0.3, 0.4) is 0 Å². The van der Waals surface area contributed by atoms with Crippen molar-refractivity contribution in [3.05, 3.63) is 0 Å². The Labute approximate surface area is 64.6 Å². The molecule has 0 heterocycles. The average Bonchev–Trinajstić information content (AvgIpc) is 1.64. The molecule has 50 valence electrons. The highest BCUT2D eigenvalue weighted by Crippen LogP contribution is 2.15. The predicted molar refractivity (Wildman–Crippen MR) is 44.3 cm³/mol. The number of aliphatic hydroxyl groups is 1. The van der Waals surface area contributed by atoms with Crippen molar-refractivity contribution in [3.8, 4) is 0 Å². The molecule has 0 spiro atoms. The van der Waals surface area contributed by atoms with Gasteiger partial charge in [-0.3, -0.25) is 0 Å². The van der Waals surface area contributed by atoms with Gasteiger partial charge in [-0.1, -0.05) is 36.4 Å². The molecule has 8 heavy (non-hydrogen) atoms. The molecule has 2 heteroatoms. The minimum Gasteiger partial charge on any atom is -0.392 e. The van der Waals surface area contributed by atoms with Crippen LogP contribution in [0.2, 0.25) is 0 Å². The highest BCUT2D eigenvalue weighted by Gasteiger charge is 2.13. The van der Waals surface area contributed by atoms with Gasteiger partial charge in [0.2, 0.25) is 0 Å². The van der Waals surface area contributed by atoms with Crippen molar-refractivity contribution < 1.29 is 5.11 Å². The summed E-state index contributed by atoms with van der Waals surface area (Å²) in [6, 6.07) is 0. The molecule has 0 aliphatic heterocycles. The summed E-state index contributed by atoms with van der Waals surface area (Å²) in [5.41, 5.74) is 0. The van der Waals surface area contributed by atoms with Crippen LogP contribution < -0.4 is 0 Å². The second kappa shape index (κ2) is 3.67.